The second-order valence-electron chi connectivity index (χ2n) is 1.86. The van der Waals surface area contributed by atoms with E-state index in [1.54, 1.807) is 0 Å². The van der Waals surface area contributed by atoms with E-state index in [1.807, 2.05) is 0 Å². The van der Waals surface area contributed by atoms with Gasteiger partial charge in [-0.1, -0.05) is 0 Å². The maximum atomic E-state index is 10.5. The second-order valence-corrected chi connectivity index (χ2v) is 6.27. The summed E-state index contributed by atoms with van der Waals surface area (Å²) in [6.45, 7) is 0. The summed E-state index contributed by atoms with van der Waals surface area (Å²) >= 11 is 11.0. The Balaban J connectivity index is 3.12. The fraction of sp³-hybridized carbons (Fsp3) is 0.800. The molecule has 10 heavy (non-hydrogen) atoms. The molecule has 0 aliphatic carbocycles. The average molecular weight is 201 g/mol. The van der Waals surface area contributed by atoms with Crippen molar-refractivity contribution < 1.29 is 9.53 Å². The van der Waals surface area contributed by atoms with Gasteiger partial charge in [0.2, 0.25) is 0 Å². The number of ether oxygens (including phenoxy) is 1. The molecule has 0 amide bonds. The molecule has 0 atom stereocenters. The molecule has 0 saturated carbocycles. The van der Waals surface area contributed by atoms with Crippen LogP contribution in [0.5, 0.6) is 0 Å². The maximum absolute atomic E-state index is 10.5. The Morgan fingerprint density at radius 3 is 2.70 bits per heavy atom. The van der Waals surface area contributed by atoms with Crippen molar-refractivity contribution in [2.75, 3.05) is 7.11 Å². The smallest absolute Gasteiger partial charge is 0.305 e. The van der Waals surface area contributed by atoms with Crippen LogP contribution >= 0.6 is 23.2 Å². The first-order valence-corrected chi connectivity index (χ1v) is 5.70. The highest BCUT2D eigenvalue weighted by molar-refractivity contribution is 6.68. The molecule has 0 unspecified atom stereocenters. The minimum absolute atomic E-state index is 0.179. The zero-order valence-corrected chi connectivity index (χ0v) is 8.70. The standard InChI is InChI=1S/C5H10Cl2O2Si/c1-9-4(8)2-3-10-5(6)7/h5H,2-3,10H2,1H3. The van der Waals surface area contributed by atoms with Gasteiger partial charge >= 0.3 is 5.97 Å². The van der Waals surface area contributed by atoms with E-state index in [-0.39, 0.29) is 10.4 Å². The Hall–Kier alpha value is 0.267. The number of hydrogen-bond acceptors (Lipinski definition) is 2. The van der Waals surface area contributed by atoms with Crippen LogP contribution in [0.15, 0.2) is 0 Å². The third-order valence-electron chi connectivity index (χ3n) is 1.03. The number of methoxy groups -OCH3 is 1. The molecule has 0 spiro atoms. The monoisotopic (exact) mass is 200 g/mol. The Labute approximate surface area is 72.7 Å². The van der Waals surface area contributed by atoms with Crippen molar-refractivity contribution in [1.29, 1.82) is 0 Å². The Morgan fingerprint density at radius 2 is 2.30 bits per heavy atom. The van der Waals surface area contributed by atoms with Crippen LogP contribution < -0.4 is 0 Å². The molecule has 60 valence electrons. The summed E-state index contributed by atoms with van der Waals surface area (Å²) in [6, 6.07) is 0.824. The van der Waals surface area contributed by atoms with Gasteiger partial charge in [-0.25, -0.2) is 0 Å². The van der Waals surface area contributed by atoms with E-state index in [1.165, 1.54) is 7.11 Å². The summed E-state index contributed by atoms with van der Waals surface area (Å²) in [6.07, 6.45) is 0.457. The minimum atomic E-state index is -0.476. The zero-order chi connectivity index (χ0) is 7.98. The molecule has 0 radical (unpaired) electrons. The van der Waals surface area contributed by atoms with Gasteiger partial charge < -0.3 is 4.74 Å². The minimum Gasteiger partial charge on any atom is -0.469 e. The van der Waals surface area contributed by atoms with Crippen molar-refractivity contribution in [3.8, 4) is 0 Å². The number of rotatable bonds is 4. The van der Waals surface area contributed by atoms with Gasteiger partial charge in [0.25, 0.3) is 0 Å². The van der Waals surface area contributed by atoms with Crippen LogP contribution in [0.2, 0.25) is 6.04 Å². The molecular formula is C5H10Cl2O2Si. The molecule has 0 fully saturated rings. The van der Waals surface area contributed by atoms with Crippen LogP contribution in [-0.2, 0) is 9.53 Å². The SMILES string of the molecule is COC(=O)CC[SiH2]C(Cl)Cl. The molecule has 0 aromatic rings. The van der Waals surface area contributed by atoms with Crippen molar-refractivity contribution in [3.05, 3.63) is 0 Å². The van der Waals surface area contributed by atoms with Crippen LogP contribution in [0.1, 0.15) is 6.42 Å². The van der Waals surface area contributed by atoms with E-state index in [0.29, 0.717) is 6.42 Å². The third-order valence-corrected chi connectivity index (χ3v) is 3.54. The molecule has 0 aromatic heterocycles. The highest BCUT2D eigenvalue weighted by Gasteiger charge is 2.03. The molecule has 0 saturated heterocycles. The predicted octanol–water partition coefficient (Wildman–Crippen LogP) is 0.898. The number of carbonyl (C=O) groups is 1. The normalized spacial score (nSPS) is 11.2. The van der Waals surface area contributed by atoms with Gasteiger partial charge in [0.05, 0.1) is 21.1 Å². The van der Waals surface area contributed by atoms with Gasteiger partial charge in [-0.05, 0) is 6.04 Å². The highest BCUT2D eigenvalue weighted by Crippen LogP contribution is 2.03. The topological polar surface area (TPSA) is 26.3 Å². The van der Waals surface area contributed by atoms with Crippen molar-refractivity contribution >= 4 is 38.7 Å². The quantitative estimate of drug-likeness (QED) is 0.383. The predicted molar refractivity (Wildman–Crippen MR) is 45.5 cm³/mol. The molecule has 0 bridgehead atoms. The van der Waals surface area contributed by atoms with Crippen molar-refractivity contribution in [2.45, 2.75) is 16.9 Å². The highest BCUT2D eigenvalue weighted by atomic mass is 35.5. The van der Waals surface area contributed by atoms with Crippen LogP contribution in [0, 0.1) is 0 Å². The Bertz CT molecular complexity index is 108. The fourth-order valence-corrected chi connectivity index (χ4v) is 2.23. The third kappa shape index (κ3) is 6.39. The molecule has 0 heterocycles. The van der Waals surface area contributed by atoms with Crippen LogP contribution in [0.3, 0.4) is 0 Å². The fourth-order valence-electron chi connectivity index (χ4n) is 0.503. The lowest BCUT2D eigenvalue weighted by Crippen LogP contribution is -2.06. The van der Waals surface area contributed by atoms with Crippen LogP contribution in [0.4, 0.5) is 0 Å². The number of alkyl halides is 2. The van der Waals surface area contributed by atoms with Crippen molar-refractivity contribution in [2.24, 2.45) is 0 Å². The number of carbonyl (C=O) groups excluding carboxylic acids is 1. The van der Waals surface area contributed by atoms with Crippen molar-refractivity contribution in [1.82, 2.24) is 0 Å². The summed E-state index contributed by atoms with van der Waals surface area (Å²) in [7, 11) is 0.902. The van der Waals surface area contributed by atoms with Crippen LogP contribution in [0.25, 0.3) is 0 Å². The van der Waals surface area contributed by atoms with E-state index in [4.69, 9.17) is 23.2 Å². The number of esters is 1. The number of hydrogen-bond donors (Lipinski definition) is 0. The molecule has 5 heteroatoms. The van der Waals surface area contributed by atoms with E-state index < -0.39 is 9.52 Å². The molecule has 0 aromatic carbocycles. The van der Waals surface area contributed by atoms with Gasteiger partial charge in [0, 0.05) is 6.42 Å². The first-order valence-electron chi connectivity index (χ1n) is 3.01. The summed E-state index contributed by atoms with van der Waals surface area (Å²) in [5.41, 5.74) is 0. The van der Waals surface area contributed by atoms with Gasteiger partial charge in [-0.3, -0.25) is 4.79 Å². The van der Waals surface area contributed by atoms with Gasteiger partial charge in [0.15, 0.2) is 0 Å². The van der Waals surface area contributed by atoms with E-state index in [2.05, 4.69) is 4.74 Å². The molecule has 0 aliphatic rings. The summed E-state index contributed by atoms with van der Waals surface area (Å²) in [4.78, 5) is 10.5. The lowest BCUT2D eigenvalue weighted by Gasteiger charge is -1.98. The second kappa shape index (κ2) is 6.01. The summed E-state index contributed by atoms with van der Waals surface area (Å²) in [5, 5.41) is 0. The van der Waals surface area contributed by atoms with Gasteiger partial charge in [-0.15, -0.1) is 23.2 Å². The van der Waals surface area contributed by atoms with E-state index in [0.717, 1.165) is 6.04 Å². The molecule has 0 aliphatic heterocycles. The first kappa shape index (κ1) is 10.3. The van der Waals surface area contributed by atoms with Crippen LogP contribution in [-0.4, -0.2) is 27.1 Å². The first-order chi connectivity index (χ1) is 4.66. The Morgan fingerprint density at radius 1 is 1.70 bits per heavy atom. The van der Waals surface area contributed by atoms with E-state index >= 15 is 0 Å². The lowest BCUT2D eigenvalue weighted by atomic mass is 10.5. The van der Waals surface area contributed by atoms with Crippen molar-refractivity contribution in [3.63, 3.8) is 0 Å². The summed E-state index contributed by atoms with van der Waals surface area (Å²) in [5.74, 6) is -0.179. The van der Waals surface area contributed by atoms with Gasteiger partial charge in [0.1, 0.15) is 0 Å². The lowest BCUT2D eigenvalue weighted by molar-refractivity contribution is -0.140. The van der Waals surface area contributed by atoms with E-state index in [9.17, 15) is 4.79 Å². The number of halogens is 2. The molecule has 2 nitrogen and oxygen atoms in total. The van der Waals surface area contributed by atoms with Gasteiger partial charge in [-0.2, -0.15) is 0 Å². The molecule has 0 rings (SSSR count). The molecule has 0 N–H and O–H groups in total. The largest absolute Gasteiger partial charge is 0.469 e. The molecular weight excluding hydrogens is 191 g/mol. The Kier molecular flexibility index (Phi) is 6.17. The zero-order valence-electron chi connectivity index (χ0n) is 5.77. The maximum Gasteiger partial charge on any atom is 0.305 e. The summed E-state index contributed by atoms with van der Waals surface area (Å²) < 4.78 is 4.20. The average Bonchev–Trinajstić information content (AvgIpc) is 1.87.